The van der Waals surface area contributed by atoms with Gasteiger partial charge >= 0.3 is 0 Å². The number of nitrogens with two attached hydrogens (primary N) is 1. The third-order valence-electron chi connectivity index (χ3n) is 3.46. The number of hydrogen-bond donors (Lipinski definition) is 2. The van der Waals surface area contributed by atoms with Crippen molar-refractivity contribution in [2.45, 2.75) is 20.3 Å². The van der Waals surface area contributed by atoms with Gasteiger partial charge in [0.15, 0.2) is 12.4 Å². The molecule has 132 valence electrons. The van der Waals surface area contributed by atoms with Crippen LogP contribution >= 0.6 is 0 Å². The first kappa shape index (κ1) is 18.3. The van der Waals surface area contributed by atoms with Crippen LogP contribution in [-0.4, -0.2) is 24.9 Å². The lowest BCUT2D eigenvalue weighted by Gasteiger charge is -2.11. The maximum absolute atomic E-state index is 12.0. The quantitative estimate of drug-likeness (QED) is 0.567. The largest absolute Gasteiger partial charge is 0.494 e. The summed E-state index contributed by atoms with van der Waals surface area (Å²) < 4.78 is 10.8. The fourth-order valence-corrected chi connectivity index (χ4v) is 2.20. The van der Waals surface area contributed by atoms with E-state index in [1.165, 1.54) is 0 Å². The zero-order valence-corrected chi connectivity index (χ0v) is 14.4. The number of hydrogen-bond acceptors (Lipinski definition) is 5. The summed E-state index contributed by atoms with van der Waals surface area (Å²) >= 11 is 0. The van der Waals surface area contributed by atoms with Gasteiger partial charge in [-0.25, -0.2) is 0 Å². The van der Waals surface area contributed by atoms with Crippen molar-refractivity contribution in [3.63, 3.8) is 0 Å². The monoisotopic (exact) mass is 342 g/mol. The number of amides is 1. The SMILES string of the molecule is CCOc1ccc(NC(=O)COc2ccc(C(=O)CC)cc2N)cc1. The summed E-state index contributed by atoms with van der Waals surface area (Å²) in [4.78, 5) is 23.6. The molecule has 3 N–H and O–H groups in total. The molecule has 0 bridgehead atoms. The molecule has 6 heteroatoms. The molecular formula is C19H22N2O4. The summed E-state index contributed by atoms with van der Waals surface area (Å²) in [6.07, 6.45) is 0.407. The van der Waals surface area contributed by atoms with Crippen LogP contribution < -0.4 is 20.5 Å². The number of carbonyl (C=O) groups is 2. The zero-order chi connectivity index (χ0) is 18.2. The van der Waals surface area contributed by atoms with Crippen molar-refractivity contribution < 1.29 is 19.1 Å². The first-order valence-corrected chi connectivity index (χ1v) is 8.11. The Kier molecular flexibility index (Phi) is 6.39. The molecule has 0 aliphatic carbocycles. The van der Waals surface area contributed by atoms with Gasteiger partial charge in [0.2, 0.25) is 0 Å². The van der Waals surface area contributed by atoms with Crippen LogP contribution in [0.4, 0.5) is 11.4 Å². The van der Waals surface area contributed by atoms with Crippen LogP contribution in [0.2, 0.25) is 0 Å². The van der Waals surface area contributed by atoms with E-state index in [2.05, 4.69) is 5.32 Å². The third-order valence-corrected chi connectivity index (χ3v) is 3.46. The molecule has 2 aromatic carbocycles. The molecule has 1 amide bonds. The van der Waals surface area contributed by atoms with Crippen molar-refractivity contribution in [2.75, 3.05) is 24.3 Å². The molecule has 0 unspecified atom stereocenters. The van der Waals surface area contributed by atoms with E-state index in [1.807, 2.05) is 6.92 Å². The van der Waals surface area contributed by atoms with E-state index in [0.717, 1.165) is 5.75 Å². The Morgan fingerprint density at radius 2 is 1.76 bits per heavy atom. The average Bonchev–Trinajstić information content (AvgIpc) is 2.62. The molecular weight excluding hydrogens is 320 g/mol. The van der Waals surface area contributed by atoms with Crippen LogP contribution in [0.25, 0.3) is 0 Å². The number of anilines is 2. The summed E-state index contributed by atoms with van der Waals surface area (Å²) in [5.74, 6) is 0.810. The number of ether oxygens (including phenoxy) is 2. The molecule has 0 saturated carbocycles. The van der Waals surface area contributed by atoms with Crippen LogP contribution in [0.5, 0.6) is 11.5 Å². The fraction of sp³-hybridized carbons (Fsp3) is 0.263. The smallest absolute Gasteiger partial charge is 0.262 e. The molecule has 25 heavy (non-hydrogen) atoms. The van der Waals surface area contributed by atoms with Crippen LogP contribution in [0.15, 0.2) is 42.5 Å². The number of Topliss-reactive ketones (excluding diaryl/α,β-unsaturated/α-hetero) is 1. The number of ketones is 1. The fourth-order valence-electron chi connectivity index (χ4n) is 2.20. The van der Waals surface area contributed by atoms with Crippen LogP contribution in [0, 0.1) is 0 Å². The van der Waals surface area contributed by atoms with Gasteiger partial charge in [-0.15, -0.1) is 0 Å². The third kappa shape index (κ3) is 5.24. The second-order valence-corrected chi connectivity index (χ2v) is 5.32. The van der Waals surface area contributed by atoms with Gasteiger partial charge in [-0.3, -0.25) is 9.59 Å². The maximum atomic E-state index is 12.0. The molecule has 6 nitrogen and oxygen atoms in total. The molecule has 0 spiro atoms. The van der Waals surface area contributed by atoms with Crippen LogP contribution in [0.1, 0.15) is 30.6 Å². The Balaban J connectivity index is 1.90. The minimum atomic E-state index is -0.308. The summed E-state index contributed by atoms with van der Waals surface area (Å²) in [6.45, 7) is 4.10. The Morgan fingerprint density at radius 3 is 2.36 bits per heavy atom. The summed E-state index contributed by atoms with van der Waals surface area (Å²) in [5, 5.41) is 2.73. The van der Waals surface area contributed by atoms with E-state index in [9.17, 15) is 9.59 Å². The topological polar surface area (TPSA) is 90.6 Å². The maximum Gasteiger partial charge on any atom is 0.262 e. The highest BCUT2D eigenvalue weighted by Gasteiger charge is 2.09. The van der Waals surface area contributed by atoms with Gasteiger partial charge in [-0.05, 0) is 49.4 Å². The average molecular weight is 342 g/mol. The molecule has 2 rings (SSSR count). The normalized spacial score (nSPS) is 10.2. The lowest BCUT2D eigenvalue weighted by atomic mass is 10.1. The van der Waals surface area contributed by atoms with E-state index in [-0.39, 0.29) is 18.3 Å². The van der Waals surface area contributed by atoms with E-state index in [0.29, 0.717) is 35.7 Å². The van der Waals surface area contributed by atoms with Gasteiger partial charge in [0.25, 0.3) is 5.91 Å². The number of nitrogens with one attached hydrogen (secondary N) is 1. The first-order valence-electron chi connectivity index (χ1n) is 8.11. The predicted molar refractivity (Wildman–Crippen MR) is 97.2 cm³/mol. The molecule has 0 fully saturated rings. The molecule has 0 radical (unpaired) electrons. The standard InChI is InChI=1S/C19H22N2O4/c1-3-17(22)13-5-10-18(16(20)11-13)25-12-19(23)21-14-6-8-15(9-7-14)24-4-2/h5-11H,3-4,12,20H2,1-2H3,(H,21,23). The molecule has 0 aromatic heterocycles. The Hall–Kier alpha value is -3.02. The molecule has 0 atom stereocenters. The van der Waals surface area contributed by atoms with Gasteiger partial charge in [-0.2, -0.15) is 0 Å². The Labute approximate surface area is 146 Å². The van der Waals surface area contributed by atoms with Gasteiger partial charge < -0.3 is 20.5 Å². The van der Waals surface area contributed by atoms with Gasteiger partial charge in [0.05, 0.1) is 12.3 Å². The highest BCUT2D eigenvalue weighted by atomic mass is 16.5. The highest BCUT2D eigenvalue weighted by molar-refractivity contribution is 5.97. The highest BCUT2D eigenvalue weighted by Crippen LogP contribution is 2.23. The van der Waals surface area contributed by atoms with Crippen molar-refractivity contribution in [3.05, 3.63) is 48.0 Å². The van der Waals surface area contributed by atoms with E-state index >= 15 is 0 Å². The van der Waals surface area contributed by atoms with Crippen molar-refractivity contribution in [3.8, 4) is 11.5 Å². The minimum Gasteiger partial charge on any atom is -0.494 e. The summed E-state index contributed by atoms with van der Waals surface area (Å²) in [6, 6.07) is 11.9. The van der Waals surface area contributed by atoms with Crippen molar-refractivity contribution in [2.24, 2.45) is 0 Å². The second kappa shape index (κ2) is 8.73. The summed E-state index contributed by atoms with van der Waals surface area (Å²) in [5.41, 5.74) is 7.38. The van der Waals surface area contributed by atoms with Crippen LogP contribution in [0.3, 0.4) is 0 Å². The molecule has 0 aliphatic rings. The van der Waals surface area contributed by atoms with E-state index in [1.54, 1.807) is 49.4 Å². The number of carbonyl (C=O) groups excluding carboxylic acids is 2. The lowest BCUT2D eigenvalue weighted by Crippen LogP contribution is -2.20. The van der Waals surface area contributed by atoms with Crippen LogP contribution in [-0.2, 0) is 4.79 Å². The molecule has 0 saturated heterocycles. The molecule has 0 heterocycles. The summed E-state index contributed by atoms with van der Waals surface area (Å²) in [7, 11) is 0. The first-order chi connectivity index (χ1) is 12.0. The van der Waals surface area contributed by atoms with Crippen molar-refractivity contribution in [1.29, 1.82) is 0 Å². The van der Waals surface area contributed by atoms with Gasteiger partial charge in [-0.1, -0.05) is 6.92 Å². The van der Waals surface area contributed by atoms with Gasteiger partial charge in [0.1, 0.15) is 11.5 Å². The van der Waals surface area contributed by atoms with Crippen molar-refractivity contribution in [1.82, 2.24) is 0 Å². The van der Waals surface area contributed by atoms with E-state index in [4.69, 9.17) is 15.2 Å². The van der Waals surface area contributed by atoms with Crippen molar-refractivity contribution >= 4 is 23.1 Å². The second-order valence-electron chi connectivity index (χ2n) is 5.32. The molecule has 2 aromatic rings. The minimum absolute atomic E-state index is 0.00601. The zero-order valence-electron chi connectivity index (χ0n) is 14.4. The number of rotatable bonds is 8. The van der Waals surface area contributed by atoms with Gasteiger partial charge in [0, 0.05) is 17.7 Å². The predicted octanol–water partition coefficient (Wildman–Crippen LogP) is 3.28. The Bertz CT molecular complexity index is 742. The van der Waals surface area contributed by atoms with E-state index < -0.39 is 0 Å². The number of benzene rings is 2. The molecule has 0 aliphatic heterocycles. The lowest BCUT2D eigenvalue weighted by molar-refractivity contribution is -0.118. The Morgan fingerprint density at radius 1 is 1.04 bits per heavy atom. The number of nitrogen functional groups attached to an aromatic ring is 1.